The number of H-pyrrole nitrogens is 1. The smallest absolute Gasteiger partial charge is 0.185 e. The summed E-state index contributed by atoms with van der Waals surface area (Å²) in [5.41, 5.74) is 16.8. The predicted molar refractivity (Wildman–Crippen MR) is 222 cm³/mol. The molecule has 3 aromatic heterocycles. The first-order valence-corrected chi connectivity index (χ1v) is 18.6. The Morgan fingerprint density at radius 3 is 1.41 bits per heavy atom. The highest BCUT2D eigenvalue weighted by molar-refractivity contribution is 5.84. The normalized spacial score (nSPS) is 11.1. The molecule has 5 aromatic carbocycles. The minimum Gasteiger partial charge on any atom is -0.361 e. The van der Waals surface area contributed by atoms with Gasteiger partial charge >= 0.3 is 0 Å². The molecule has 54 heavy (non-hydrogen) atoms. The highest BCUT2D eigenvalue weighted by Gasteiger charge is 2.12. The van der Waals surface area contributed by atoms with Gasteiger partial charge in [0, 0.05) is 47.0 Å². The van der Waals surface area contributed by atoms with E-state index in [4.69, 9.17) is 0 Å². The highest BCUT2D eigenvalue weighted by Crippen LogP contribution is 2.35. The Balaban J connectivity index is 1.08. The Labute approximate surface area is 316 Å². The summed E-state index contributed by atoms with van der Waals surface area (Å²) in [6.45, 7) is 1.82. The van der Waals surface area contributed by atoms with Gasteiger partial charge in [-0.25, -0.2) is 0 Å². The van der Waals surface area contributed by atoms with Gasteiger partial charge in [-0.1, -0.05) is 127 Å². The molecular formula is C50H41N3O. The van der Waals surface area contributed by atoms with Crippen molar-refractivity contribution in [2.24, 2.45) is 0 Å². The number of rotatable bonds is 11. The molecule has 0 aliphatic carbocycles. The number of benzene rings is 5. The Morgan fingerprint density at radius 1 is 0.444 bits per heavy atom. The van der Waals surface area contributed by atoms with Gasteiger partial charge in [0.15, 0.2) is 5.43 Å². The van der Waals surface area contributed by atoms with Crippen LogP contribution in [0, 0.1) is 6.92 Å². The lowest BCUT2D eigenvalue weighted by atomic mass is 9.90. The molecule has 0 aliphatic rings. The van der Waals surface area contributed by atoms with Crippen molar-refractivity contribution in [2.45, 2.75) is 32.6 Å². The Kier molecular flexibility index (Phi) is 10.2. The van der Waals surface area contributed by atoms with E-state index in [1.807, 2.05) is 43.6 Å². The number of aromatic nitrogens is 3. The van der Waals surface area contributed by atoms with Gasteiger partial charge in [0.2, 0.25) is 0 Å². The second kappa shape index (κ2) is 15.9. The zero-order chi connectivity index (χ0) is 36.7. The minimum absolute atomic E-state index is 0.0388. The molecule has 0 amide bonds. The van der Waals surface area contributed by atoms with Gasteiger partial charge in [0.25, 0.3) is 0 Å². The molecule has 0 aliphatic heterocycles. The van der Waals surface area contributed by atoms with Crippen molar-refractivity contribution >= 4 is 0 Å². The van der Waals surface area contributed by atoms with Crippen LogP contribution in [0.4, 0.5) is 0 Å². The average Bonchev–Trinajstić information content (AvgIpc) is 3.24. The van der Waals surface area contributed by atoms with Crippen LogP contribution >= 0.6 is 0 Å². The van der Waals surface area contributed by atoms with E-state index >= 15 is 0 Å². The number of aryl methyl sites for hydroxylation is 5. The lowest BCUT2D eigenvalue weighted by Gasteiger charge is -2.15. The third-order valence-electron chi connectivity index (χ3n) is 10.1. The number of aromatic amines is 1. The molecule has 0 atom stereocenters. The largest absolute Gasteiger partial charge is 0.361 e. The zero-order valence-corrected chi connectivity index (χ0v) is 30.4. The van der Waals surface area contributed by atoms with E-state index in [2.05, 4.69) is 142 Å². The molecule has 1 N–H and O–H groups in total. The Morgan fingerprint density at radius 2 is 0.907 bits per heavy atom. The summed E-state index contributed by atoms with van der Waals surface area (Å²) in [5, 5.41) is 0. The fourth-order valence-electron chi connectivity index (χ4n) is 7.06. The second-order valence-corrected chi connectivity index (χ2v) is 13.9. The average molecular weight is 700 g/mol. The predicted octanol–water partition coefficient (Wildman–Crippen LogP) is 11.4. The summed E-state index contributed by atoms with van der Waals surface area (Å²) in [6.07, 6.45) is 9.23. The van der Waals surface area contributed by atoms with Gasteiger partial charge in [-0.05, 0) is 107 Å². The third kappa shape index (κ3) is 8.04. The molecule has 3 heterocycles. The molecule has 0 radical (unpaired) electrons. The van der Waals surface area contributed by atoms with Crippen LogP contribution in [0.1, 0.15) is 27.8 Å². The van der Waals surface area contributed by atoms with Crippen LogP contribution in [-0.4, -0.2) is 15.0 Å². The van der Waals surface area contributed by atoms with Gasteiger partial charge < -0.3 is 4.98 Å². The van der Waals surface area contributed by atoms with Gasteiger partial charge in [-0.2, -0.15) is 0 Å². The molecular weight excluding hydrogens is 659 g/mol. The summed E-state index contributed by atoms with van der Waals surface area (Å²) in [4.78, 5) is 24.6. The Hall–Kier alpha value is -6.65. The maximum atomic E-state index is 12.3. The van der Waals surface area contributed by atoms with Crippen molar-refractivity contribution in [3.8, 4) is 56.0 Å². The molecule has 0 fully saturated rings. The number of nitrogens with zero attached hydrogens (tertiary/aromatic N) is 2. The molecule has 8 rings (SSSR count). The molecule has 0 saturated heterocycles. The van der Waals surface area contributed by atoms with E-state index in [9.17, 15) is 4.79 Å². The quantitative estimate of drug-likeness (QED) is 0.146. The van der Waals surface area contributed by atoms with Crippen molar-refractivity contribution in [3.63, 3.8) is 0 Å². The number of pyridine rings is 3. The first-order valence-electron chi connectivity index (χ1n) is 18.6. The maximum Gasteiger partial charge on any atom is 0.185 e. The second-order valence-electron chi connectivity index (χ2n) is 13.9. The van der Waals surface area contributed by atoms with Crippen LogP contribution in [-0.2, 0) is 25.7 Å². The third-order valence-corrected chi connectivity index (χ3v) is 10.1. The number of nitrogens with one attached hydrogen (secondary N) is 1. The number of hydrogen-bond donors (Lipinski definition) is 1. The lowest BCUT2D eigenvalue weighted by Crippen LogP contribution is -2.04. The molecule has 262 valence electrons. The SMILES string of the molecule is Cc1c[nH]c(-c2ccc(-c3ccccc3-c3cc(CCc4ccc(-c5ccccn5)cc4)cc(CCc4ccc(-c5ccccn5)cc4)c3)cc2)cc1=O. The molecule has 0 bridgehead atoms. The van der Waals surface area contributed by atoms with E-state index in [1.165, 1.54) is 38.9 Å². The first-order chi connectivity index (χ1) is 26.6. The van der Waals surface area contributed by atoms with Gasteiger partial charge in [-0.3, -0.25) is 14.8 Å². The van der Waals surface area contributed by atoms with E-state index in [-0.39, 0.29) is 5.43 Å². The standard InChI is InChI=1S/C50H41N3O/c1-35-34-53-49(33-50(35)54)43-26-24-40(25-27-43)45-8-2-3-9-46(45)44-31-38(14-12-36-16-20-41(21-17-36)47-10-4-6-28-51-47)30-39(32-44)15-13-37-18-22-42(23-19-37)48-11-5-7-29-52-48/h2-11,16-34H,12-15H2,1H3,(H,53,54). The van der Waals surface area contributed by atoms with Crippen LogP contribution in [0.2, 0.25) is 0 Å². The van der Waals surface area contributed by atoms with Crippen molar-refractivity contribution in [3.05, 3.63) is 214 Å². The van der Waals surface area contributed by atoms with Crippen LogP contribution in [0.15, 0.2) is 181 Å². The summed E-state index contributed by atoms with van der Waals surface area (Å²) < 4.78 is 0. The van der Waals surface area contributed by atoms with Crippen LogP contribution in [0.5, 0.6) is 0 Å². The van der Waals surface area contributed by atoms with E-state index in [0.717, 1.165) is 65.0 Å². The van der Waals surface area contributed by atoms with Crippen LogP contribution in [0.3, 0.4) is 0 Å². The van der Waals surface area contributed by atoms with E-state index < -0.39 is 0 Å². The fraction of sp³-hybridized carbons (Fsp3) is 0.100. The summed E-state index contributed by atoms with van der Waals surface area (Å²) in [5.74, 6) is 0. The van der Waals surface area contributed by atoms with Crippen molar-refractivity contribution in [2.75, 3.05) is 0 Å². The van der Waals surface area contributed by atoms with E-state index in [0.29, 0.717) is 5.56 Å². The highest BCUT2D eigenvalue weighted by atomic mass is 16.1. The van der Waals surface area contributed by atoms with Crippen molar-refractivity contribution < 1.29 is 0 Å². The monoisotopic (exact) mass is 699 g/mol. The summed E-state index contributed by atoms with van der Waals surface area (Å²) in [6, 6.07) is 55.7. The lowest BCUT2D eigenvalue weighted by molar-refractivity contribution is 0.931. The Bertz CT molecular complexity index is 2430. The zero-order valence-electron chi connectivity index (χ0n) is 30.4. The molecule has 8 aromatic rings. The molecule has 4 heteroatoms. The van der Waals surface area contributed by atoms with Gasteiger partial charge in [-0.15, -0.1) is 0 Å². The van der Waals surface area contributed by atoms with Crippen molar-refractivity contribution in [1.82, 2.24) is 15.0 Å². The van der Waals surface area contributed by atoms with Crippen LogP contribution < -0.4 is 5.43 Å². The number of hydrogen-bond acceptors (Lipinski definition) is 3. The van der Waals surface area contributed by atoms with Crippen molar-refractivity contribution in [1.29, 1.82) is 0 Å². The van der Waals surface area contributed by atoms with Crippen LogP contribution in [0.25, 0.3) is 56.0 Å². The summed E-state index contributed by atoms with van der Waals surface area (Å²) >= 11 is 0. The fourth-order valence-corrected chi connectivity index (χ4v) is 7.06. The topological polar surface area (TPSA) is 58.6 Å². The summed E-state index contributed by atoms with van der Waals surface area (Å²) in [7, 11) is 0. The van der Waals surface area contributed by atoms with Gasteiger partial charge in [0.1, 0.15) is 0 Å². The first kappa shape index (κ1) is 34.4. The molecule has 4 nitrogen and oxygen atoms in total. The maximum absolute atomic E-state index is 12.3. The molecule has 0 saturated carbocycles. The minimum atomic E-state index is 0.0388. The molecule has 0 spiro atoms. The van der Waals surface area contributed by atoms with E-state index in [1.54, 1.807) is 12.3 Å². The van der Waals surface area contributed by atoms with Gasteiger partial charge in [0.05, 0.1) is 11.4 Å². The molecule has 0 unspecified atom stereocenters.